The normalized spacial score (nSPS) is 14.1. The van der Waals surface area contributed by atoms with Crippen LogP contribution in [0.3, 0.4) is 0 Å². The quantitative estimate of drug-likeness (QED) is 0.858. The SMILES string of the molecule is O=C(Nc1ccc(F)cc1Br)c1ccc(CN2CCCC2=O)cc1. The number of nitrogens with zero attached hydrogens (tertiary/aromatic N) is 1. The van der Waals surface area contributed by atoms with E-state index in [0.29, 0.717) is 28.7 Å². The minimum atomic E-state index is -0.374. The van der Waals surface area contributed by atoms with E-state index in [1.165, 1.54) is 18.2 Å². The van der Waals surface area contributed by atoms with Gasteiger partial charge in [0.1, 0.15) is 5.82 Å². The van der Waals surface area contributed by atoms with Crippen LogP contribution in [-0.2, 0) is 11.3 Å². The number of anilines is 1. The summed E-state index contributed by atoms with van der Waals surface area (Å²) >= 11 is 3.22. The minimum absolute atomic E-state index is 0.179. The first-order chi connectivity index (χ1) is 11.5. The molecule has 1 aliphatic heterocycles. The standard InChI is InChI=1S/C18H16BrFN2O2/c19-15-10-14(20)7-8-16(15)21-18(24)13-5-3-12(4-6-13)11-22-9-1-2-17(22)23/h3-8,10H,1-2,9,11H2,(H,21,24). The fourth-order valence-corrected chi connectivity index (χ4v) is 3.09. The van der Waals surface area contributed by atoms with Crippen molar-refractivity contribution in [1.29, 1.82) is 0 Å². The van der Waals surface area contributed by atoms with Crippen LogP contribution in [0.2, 0.25) is 0 Å². The molecule has 1 aliphatic rings. The van der Waals surface area contributed by atoms with Crippen molar-refractivity contribution in [1.82, 2.24) is 4.90 Å². The molecule has 4 nitrogen and oxygen atoms in total. The zero-order valence-corrected chi connectivity index (χ0v) is 14.5. The van der Waals surface area contributed by atoms with E-state index in [-0.39, 0.29) is 17.6 Å². The monoisotopic (exact) mass is 390 g/mol. The van der Waals surface area contributed by atoms with Gasteiger partial charge in [-0.3, -0.25) is 9.59 Å². The zero-order chi connectivity index (χ0) is 17.1. The maximum Gasteiger partial charge on any atom is 0.255 e. The molecule has 0 spiro atoms. The van der Waals surface area contributed by atoms with Gasteiger partial charge in [-0.1, -0.05) is 12.1 Å². The molecule has 6 heteroatoms. The highest BCUT2D eigenvalue weighted by atomic mass is 79.9. The summed E-state index contributed by atoms with van der Waals surface area (Å²) in [6.07, 6.45) is 1.53. The number of carbonyl (C=O) groups excluding carboxylic acids is 2. The molecule has 0 aliphatic carbocycles. The van der Waals surface area contributed by atoms with Gasteiger partial charge >= 0.3 is 0 Å². The predicted molar refractivity (Wildman–Crippen MR) is 93.1 cm³/mol. The number of benzene rings is 2. The molecule has 2 aromatic carbocycles. The lowest BCUT2D eigenvalue weighted by atomic mass is 10.1. The third kappa shape index (κ3) is 3.82. The van der Waals surface area contributed by atoms with Crippen molar-refractivity contribution in [3.05, 3.63) is 63.9 Å². The molecular weight excluding hydrogens is 375 g/mol. The third-order valence-corrected chi connectivity index (χ3v) is 4.60. The highest BCUT2D eigenvalue weighted by Crippen LogP contribution is 2.23. The summed E-state index contributed by atoms with van der Waals surface area (Å²) in [6.45, 7) is 1.36. The second-order valence-electron chi connectivity index (χ2n) is 5.69. The van der Waals surface area contributed by atoms with Gasteiger partial charge in [-0.05, 0) is 58.2 Å². The smallest absolute Gasteiger partial charge is 0.255 e. The molecule has 24 heavy (non-hydrogen) atoms. The van der Waals surface area contributed by atoms with Gasteiger partial charge in [0, 0.05) is 29.5 Å². The van der Waals surface area contributed by atoms with E-state index in [2.05, 4.69) is 21.2 Å². The third-order valence-electron chi connectivity index (χ3n) is 3.94. The minimum Gasteiger partial charge on any atom is -0.338 e. The number of rotatable bonds is 4. The fraction of sp³-hybridized carbons (Fsp3) is 0.222. The highest BCUT2D eigenvalue weighted by molar-refractivity contribution is 9.10. The summed E-state index contributed by atoms with van der Waals surface area (Å²) in [4.78, 5) is 25.7. The Bertz CT molecular complexity index is 777. The topological polar surface area (TPSA) is 49.4 Å². The molecule has 0 saturated carbocycles. The molecule has 1 fully saturated rings. The van der Waals surface area contributed by atoms with Crippen LogP contribution in [0.15, 0.2) is 46.9 Å². The first kappa shape index (κ1) is 16.6. The van der Waals surface area contributed by atoms with Crippen LogP contribution in [0.5, 0.6) is 0 Å². The first-order valence-corrected chi connectivity index (χ1v) is 8.45. The summed E-state index contributed by atoms with van der Waals surface area (Å²) in [5.74, 6) is -0.468. The average Bonchev–Trinajstić information content (AvgIpc) is 2.96. The van der Waals surface area contributed by atoms with Crippen LogP contribution >= 0.6 is 15.9 Å². The van der Waals surface area contributed by atoms with Crippen molar-refractivity contribution in [3.8, 4) is 0 Å². The van der Waals surface area contributed by atoms with E-state index < -0.39 is 0 Å². The van der Waals surface area contributed by atoms with Crippen LogP contribution in [0, 0.1) is 5.82 Å². The number of likely N-dealkylation sites (tertiary alicyclic amines) is 1. The number of hydrogen-bond donors (Lipinski definition) is 1. The van der Waals surface area contributed by atoms with Gasteiger partial charge in [0.25, 0.3) is 5.91 Å². The second-order valence-corrected chi connectivity index (χ2v) is 6.55. The van der Waals surface area contributed by atoms with Crippen LogP contribution in [0.25, 0.3) is 0 Å². The van der Waals surface area contributed by atoms with E-state index >= 15 is 0 Å². The Morgan fingerprint density at radius 2 is 1.96 bits per heavy atom. The molecule has 0 atom stereocenters. The molecule has 2 aromatic rings. The molecule has 2 amide bonds. The van der Waals surface area contributed by atoms with Gasteiger partial charge in [-0.15, -0.1) is 0 Å². The summed E-state index contributed by atoms with van der Waals surface area (Å²) in [5.41, 5.74) is 2.00. The maximum absolute atomic E-state index is 13.1. The van der Waals surface area contributed by atoms with Gasteiger partial charge in [-0.2, -0.15) is 0 Å². The van der Waals surface area contributed by atoms with Crippen molar-refractivity contribution >= 4 is 33.4 Å². The van der Waals surface area contributed by atoms with Crippen molar-refractivity contribution in [2.24, 2.45) is 0 Å². The molecule has 1 heterocycles. The molecule has 3 rings (SSSR count). The Morgan fingerprint density at radius 1 is 1.21 bits per heavy atom. The average molecular weight is 391 g/mol. The lowest BCUT2D eigenvalue weighted by molar-refractivity contribution is -0.128. The molecule has 1 saturated heterocycles. The van der Waals surface area contributed by atoms with Crippen LogP contribution in [-0.4, -0.2) is 23.3 Å². The summed E-state index contributed by atoms with van der Waals surface area (Å²) in [6, 6.07) is 11.2. The van der Waals surface area contributed by atoms with Crippen molar-refractivity contribution in [2.75, 3.05) is 11.9 Å². The van der Waals surface area contributed by atoms with Crippen LogP contribution < -0.4 is 5.32 Å². The van der Waals surface area contributed by atoms with E-state index in [0.717, 1.165) is 18.5 Å². The number of hydrogen-bond acceptors (Lipinski definition) is 2. The zero-order valence-electron chi connectivity index (χ0n) is 12.9. The largest absolute Gasteiger partial charge is 0.338 e. The van der Waals surface area contributed by atoms with Crippen LogP contribution in [0.1, 0.15) is 28.8 Å². The molecular formula is C18H16BrFN2O2. The van der Waals surface area contributed by atoms with Gasteiger partial charge in [0.2, 0.25) is 5.91 Å². The molecule has 1 N–H and O–H groups in total. The van der Waals surface area contributed by atoms with Crippen molar-refractivity contribution in [3.63, 3.8) is 0 Å². The lowest BCUT2D eigenvalue weighted by Gasteiger charge is -2.15. The molecule has 124 valence electrons. The molecule has 0 bridgehead atoms. The van der Waals surface area contributed by atoms with E-state index in [1.807, 2.05) is 17.0 Å². The summed E-state index contributed by atoms with van der Waals surface area (Å²) in [7, 11) is 0. The lowest BCUT2D eigenvalue weighted by Crippen LogP contribution is -2.23. The van der Waals surface area contributed by atoms with Crippen molar-refractivity contribution in [2.45, 2.75) is 19.4 Å². The van der Waals surface area contributed by atoms with Gasteiger partial charge in [0.15, 0.2) is 0 Å². The molecule has 0 radical (unpaired) electrons. The van der Waals surface area contributed by atoms with E-state index in [9.17, 15) is 14.0 Å². The fourth-order valence-electron chi connectivity index (χ4n) is 2.64. The van der Waals surface area contributed by atoms with Gasteiger partial charge in [-0.25, -0.2) is 4.39 Å². The van der Waals surface area contributed by atoms with E-state index in [4.69, 9.17) is 0 Å². The summed E-state index contributed by atoms with van der Waals surface area (Å²) in [5, 5.41) is 2.74. The number of halogens is 2. The molecule has 0 unspecified atom stereocenters. The summed E-state index contributed by atoms with van der Waals surface area (Å²) < 4.78 is 13.6. The molecule has 0 aromatic heterocycles. The maximum atomic E-state index is 13.1. The Balaban J connectivity index is 1.66. The Hall–Kier alpha value is -2.21. The van der Waals surface area contributed by atoms with Crippen molar-refractivity contribution < 1.29 is 14.0 Å². The Morgan fingerprint density at radius 3 is 2.58 bits per heavy atom. The van der Waals surface area contributed by atoms with Crippen LogP contribution in [0.4, 0.5) is 10.1 Å². The van der Waals surface area contributed by atoms with Gasteiger partial charge in [0.05, 0.1) is 5.69 Å². The second kappa shape index (κ2) is 7.13. The number of carbonyl (C=O) groups is 2. The Labute approximate surface area is 147 Å². The predicted octanol–water partition coefficient (Wildman–Crippen LogP) is 3.96. The first-order valence-electron chi connectivity index (χ1n) is 7.66. The highest BCUT2D eigenvalue weighted by Gasteiger charge is 2.20. The van der Waals surface area contributed by atoms with Gasteiger partial charge < -0.3 is 10.2 Å². The number of nitrogens with one attached hydrogen (secondary N) is 1. The Kier molecular flexibility index (Phi) is 4.94. The van der Waals surface area contributed by atoms with E-state index in [1.54, 1.807) is 12.1 Å². The number of amides is 2.